The van der Waals surface area contributed by atoms with Crippen LogP contribution in [0.4, 0.5) is 11.4 Å². The Kier molecular flexibility index (Phi) is 10.2. The van der Waals surface area contributed by atoms with E-state index in [1.54, 1.807) is 54.5 Å². The molecule has 0 saturated carbocycles. The van der Waals surface area contributed by atoms with Crippen molar-refractivity contribution in [1.82, 2.24) is 9.80 Å². The summed E-state index contributed by atoms with van der Waals surface area (Å²) in [4.78, 5) is 51.3. The third-order valence-electron chi connectivity index (χ3n) is 10.6. The molecule has 4 aromatic rings. The van der Waals surface area contributed by atoms with E-state index in [0.29, 0.717) is 71.4 Å². The van der Waals surface area contributed by atoms with Crippen molar-refractivity contribution in [3.05, 3.63) is 119 Å². The second-order valence-electron chi connectivity index (χ2n) is 14.2. The van der Waals surface area contributed by atoms with Gasteiger partial charge in [-0.15, -0.1) is 0 Å². The fourth-order valence-corrected chi connectivity index (χ4v) is 7.48. The van der Waals surface area contributed by atoms with Gasteiger partial charge in [0.1, 0.15) is 17.8 Å². The first-order valence-electron chi connectivity index (χ1n) is 18.8. The number of methoxy groups -OCH3 is 2. The van der Waals surface area contributed by atoms with Gasteiger partial charge < -0.3 is 28.7 Å². The Labute approximate surface area is 325 Å². The summed E-state index contributed by atoms with van der Waals surface area (Å²) < 4.78 is 23.2. The number of carbonyl (C=O) groups excluding carboxylic acids is 3. The molecule has 11 nitrogen and oxygen atoms in total. The van der Waals surface area contributed by atoms with Gasteiger partial charge in [0.05, 0.1) is 62.0 Å². The smallest absolute Gasteiger partial charge is 0.260 e. The molecule has 4 aromatic carbocycles. The van der Waals surface area contributed by atoms with Gasteiger partial charge in [-0.3, -0.25) is 24.4 Å². The highest BCUT2D eigenvalue weighted by molar-refractivity contribution is 6.06. The van der Waals surface area contributed by atoms with Crippen LogP contribution in [0.15, 0.2) is 95.2 Å². The van der Waals surface area contributed by atoms with E-state index in [1.165, 1.54) is 0 Å². The summed E-state index contributed by atoms with van der Waals surface area (Å²) in [6.45, 7) is 2.92. The number of carbonyl (C=O) groups is 3. The van der Waals surface area contributed by atoms with E-state index in [0.717, 1.165) is 59.1 Å². The van der Waals surface area contributed by atoms with Crippen LogP contribution >= 0.6 is 0 Å². The zero-order chi connectivity index (χ0) is 38.8. The first-order valence-corrected chi connectivity index (χ1v) is 18.8. The van der Waals surface area contributed by atoms with Gasteiger partial charge in [0.25, 0.3) is 11.8 Å². The number of aryl methyl sites for hydroxylation is 1. The number of aldehydes is 1. The molecule has 4 heterocycles. The minimum atomic E-state index is -0.215. The van der Waals surface area contributed by atoms with Crippen molar-refractivity contribution >= 4 is 53.1 Å². The van der Waals surface area contributed by atoms with Gasteiger partial charge in [-0.05, 0) is 78.3 Å². The van der Waals surface area contributed by atoms with E-state index in [4.69, 9.17) is 28.9 Å². The average molecular weight is 751 g/mol. The Balaban J connectivity index is 0.836. The summed E-state index contributed by atoms with van der Waals surface area (Å²) in [5.41, 5.74) is 7.76. The highest BCUT2D eigenvalue weighted by Gasteiger charge is 2.35. The monoisotopic (exact) mass is 750 g/mol. The molecule has 0 spiro atoms. The molecule has 0 saturated heterocycles. The summed E-state index contributed by atoms with van der Waals surface area (Å²) in [7, 11) is 3.20. The topological polar surface area (TPSA) is 119 Å². The lowest BCUT2D eigenvalue weighted by Gasteiger charge is -2.19. The van der Waals surface area contributed by atoms with E-state index < -0.39 is 0 Å². The van der Waals surface area contributed by atoms with E-state index in [2.05, 4.69) is 0 Å². The molecule has 0 bridgehead atoms. The van der Waals surface area contributed by atoms with Crippen molar-refractivity contribution in [3.63, 3.8) is 0 Å². The summed E-state index contributed by atoms with van der Waals surface area (Å²) in [5, 5.41) is 0. The van der Waals surface area contributed by atoms with Crippen LogP contribution in [0.25, 0.3) is 11.1 Å². The van der Waals surface area contributed by atoms with Crippen LogP contribution < -0.4 is 18.9 Å². The first kappa shape index (κ1) is 36.5. The summed E-state index contributed by atoms with van der Waals surface area (Å²) in [6.07, 6.45) is 12.1. The Bertz CT molecular complexity index is 2310. The predicted octanol–water partition coefficient (Wildman–Crippen LogP) is 8.40. The number of unbranched alkanes of at least 4 members (excludes halogenated alkanes) is 2. The lowest BCUT2D eigenvalue weighted by atomic mass is 10.0. The predicted molar refractivity (Wildman–Crippen MR) is 215 cm³/mol. The van der Waals surface area contributed by atoms with Crippen molar-refractivity contribution in [2.75, 3.05) is 27.4 Å². The van der Waals surface area contributed by atoms with Crippen molar-refractivity contribution in [3.8, 4) is 23.0 Å². The molecule has 4 aliphatic rings. The number of hydrogen-bond donors (Lipinski definition) is 0. The maximum Gasteiger partial charge on any atom is 0.260 e. The Morgan fingerprint density at radius 1 is 0.661 bits per heavy atom. The van der Waals surface area contributed by atoms with E-state index in [1.807, 2.05) is 74.1 Å². The number of rotatable bonds is 13. The Hall–Kier alpha value is -6.49. The molecule has 284 valence electrons. The third-order valence-corrected chi connectivity index (χ3v) is 10.6. The minimum absolute atomic E-state index is 0.0726. The van der Waals surface area contributed by atoms with Gasteiger partial charge in [0, 0.05) is 55.4 Å². The largest absolute Gasteiger partial charge is 0.497 e. The number of amides is 2. The van der Waals surface area contributed by atoms with Crippen LogP contribution in [-0.4, -0.2) is 79.8 Å². The van der Waals surface area contributed by atoms with Gasteiger partial charge in [-0.2, -0.15) is 0 Å². The number of hydrogen-bond acceptors (Lipinski definition) is 9. The van der Waals surface area contributed by atoms with Crippen LogP contribution in [0.1, 0.15) is 79.9 Å². The fourth-order valence-electron chi connectivity index (χ4n) is 7.48. The lowest BCUT2D eigenvalue weighted by molar-refractivity contribution is 0.0809. The zero-order valence-electron chi connectivity index (χ0n) is 31.6. The average Bonchev–Trinajstić information content (AvgIpc) is 3.81. The standard InChI is InChI=1S/C45H42N4O7/c1-28-17-37-39(46-23-34-19-33(26-48(34)44(37)51)31-11-13-36(53-2)14-12-31)21-41(28)55-15-5-4-6-16-56-43-22-40-38(20-42(43)54-3)45(52)49-25-32(18-35(49)24-47-40)30-9-7-29(27-50)8-10-30/h7-14,17,20-27,34-35H,4-6,15-16,18-19H2,1-3H3/t34-,35-/m0/s1. The molecule has 11 heteroatoms. The molecule has 0 aliphatic carbocycles. The molecule has 56 heavy (non-hydrogen) atoms. The minimum Gasteiger partial charge on any atom is -0.497 e. The van der Waals surface area contributed by atoms with Crippen LogP contribution in [0.3, 0.4) is 0 Å². The molecule has 2 atom stereocenters. The van der Waals surface area contributed by atoms with Crippen LogP contribution in [0, 0.1) is 6.92 Å². The highest BCUT2D eigenvalue weighted by Crippen LogP contribution is 2.41. The number of nitrogens with zero attached hydrogens (tertiary/aromatic N) is 4. The molecular weight excluding hydrogens is 709 g/mol. The second kappa shape index (κ2) is 15.7. The number of fused-ring (bicyclic) bond motifs is 4. The zero-order valence-corrected chi connectivity index (χ0v) is 31.6. The number of aliphatic imine (C=N–C) groups is 2. The van der Waals surface area contributed by atoms with Crippen molar-refractivity contribution in [2.45, 2.75) is 51.1 Å². The SMILES string of the molecule is COc1ccc(C2=CN3C(=O)c4cc(C)c(OCCCCCOc5cc6c(cc5OC)C(=O)N5C=C(c7ccc(C=O)cc7)C[C@H]5C=N6)cc4N=C[C@@H]3C2)cc1. The molecule has 4 aliphatic heterocycles. The van der Waals surface area contributed by atoms with Crippen molar-refractivity contribution in [1.29, 1.82) is 0 Å². The summed E-state index contributed by atoms with van der Waals surface area (Å²) in [5.74, 6) is 2.28. The van der Waals surface area contributed by atoms with Crippen LogP contribution in [-0.2, 0) is 0 Å². The van der Waals surface area contributed by atoms with E-state index in [-0.39, 0.29) is 23.9 Å². The van der Waals surface area contributed by atoms with Gasteiger partial charge in [-0.25, -0.2) is 0 Å². The molecule has 8 rings (SSSR count). The van der Waals surface area contributed by atoms with E-state index >= 15 is 0 Å². The molecule has 0 unspecified atom stereocenters. The number of ether oxygens (including phenoxy) is 4. The highest BCUT2D eigenvalue weighted by atomic mass is 16.5. The fraction of sp³-hybridized carbons (Fsp3) is 0.267. The van der Waals surface area contributed by atoms with E-state index in [9.17, 15) is 14.4 Å². The van der Waals surface area contributed by atoms with Gasteiger partial charge in [0.2, 0.25) is 0 Å². The van der Waals surface area contributed by atoms with Crippen LogP contribution in [0.5, 0.6) is 23.0 Å². The third kappa shape index (κ3) is 7.20. The summed E-state index contributed by atoms with van der Waals surface area (Å²) >= 11 is 0. The Morgan fingerprint density at radius 3 is 1.75 bits per heavy atom. The molecule has 0 aromatic heterocycles. The quantitative estimate of drug-likeness (QED) is 0.0995. The van der Waals surface area contributed by atoms with Gasteiger partial charge >= 0.3 is 0 Å². The van der Waals surface area contributed by atoms with Gasteiger partial charge in [0.15, 0.2) is 11.5 Å². The van der Waals surface area contributed by atoms with Crippen molar-refractivity contribution < 1.29 is 33.3 Å². The van der Waals surface area contributed by atoms with Crippen molar-refractivity contribution in [2.24, 2.45) is 9.98 Å². The first-order chi connectivity index (χ1) is 27.3. The Morgan fingerprint density at radius 2 is 1.20 bits per heavy atom. The molecule has 0 fully saturated rings. The summed E-state index contributed by atoms with van der Waals surface area (Å²) in [6, 6.07) is 22.1. The second-order valence-corrected chi connectivity index (χ2v) is 14.2. The molecule has 0 radical (unpaired) electrons. The molecular formula is C45H42N4O7. The molecule has 2 amide bonds. The number of benzene rings is 4. The maximum absolute atomic E-state index is 13.7. The lowest BCUT2D eigenvalue weighted by Crippen LogP contribution is -2.32. The molecule has 0 N–H and O–H groups in total. The van der Waals surface area contributed by atoms with Gasteiger partial charge in [-0.1, -0.05) is 36.4 Å². The maximum atomic E-state index is 13.7. The normalized spacial score (nSPS) is 17.9. The van der Waals surface area contributed by atoms with Crippen LogP contribution in [0.2, 0.25) is 0 Å².